The maximum absolute atomic E-state index is 2.89. The Hall–Kier alpha value is -0.471. The number of hydrogen-bond acceptors (Lipinski definition) is 0. The van der Waals surface area contributed by atoms with Crippen molar-refractivity contribution in [2.75, 3.05) is 0 Å². The normalized spacial score (nSPS) is 6.86. The van der Waals surface area contributed by atoms with Crippen molar-refractivity contribution in [1.29, 1.82) is 0 Å². The summed E-state index contributed by atoms with van der Waals surface area (Å²) in [5.41, 5.74) is 0. The molecule has 2 aromatic rings. The third-order valence-corrected chi connectivity index (χ3v) is 1.21. The molecule has 0 fully saturated rings. The maximum atomic E-state index is 2.89. The summed E-state index contributed by atoms with van der Waals surface area (Å²) in [5.74, 6) is 0. The first-order valence-electron chi connectivity index (χ1n) is 3.82. The van der Waals surface area contributed by atoms with Gasteiger partial charge in [-0.3, -0.25) is 0 Å². The van der Waals surface area contributed by atoms with Crippen LogP contribution in [0.1, 0.15) is 0 Å². The second kappa shape index (κ2) is 12.5. The molecule has 0 N–H and O–H groups in total. The van der Waals surface area contributed by atoms with E-state index < -0.39 is 0 Å². The Labute approximate surface area is 109 Å². The van der Waals surface area contributed by atoms with E-state index >= 15 is 0 Å². The fraction of sp³-hybridized carbons (Fsp3) is 0. The molecule has 0 bridgehead atoms. The molecule has 0 aliphatic rings. The molecule has 0 spiro atoms. The summed E-state index contributed by atoms with van der Waals surface area (Å²) < 4.78 is 0. The van der Waals surface area contributed by atoms with Gasteiger partial charge in [0.15, 0.2) is 0 Å². The first-order valence-corrected chi connectivity index (χ1v) is 3.82. The van der Waals surface area contributed by atoms with Gasteiger partial charge in [-0.25, -0.2) is 0 Å². The van der Waals surface area contributed by atoms with Gasteiger partial charge in [0.05, 0.1) is 0 Å². The minimum Gasteiger partial charge on any atom is -1.00 e. The van der Waals surface area contributed by atoms with Crippen LogP contribution in [0, 0.1) is 12.1 Å². The van der Waals surface area contributed by atoms with Crippen molar-refractivity contribution in [1.82, 2.24) is 0 Å². The number of benzene rings is 2. The second-order valence-electron chi connectivity index (χ2n) is 2.15. The Morgan fingerprint density at radius 2 is 0.786 bits per heavy atom. The zero-order valence-electron chi connectivity index (χ0n) is 7.65. The van der Waals surface area contributed by atoms with E-state index in [0.29, 0.717) is 0 Å². The molecule has 0 atom stereocenters. The Morgan fingerprint density at radius 3 is 0.857 bits per heavy atom. The molecule has 2 rings (SSSR count). The molecular weight excluding hydrogens is 298 g/mol. The first kappa shape index (κ1) is 16.0. The van der Waals surface area contributed by atoms with Crippen LogP contribution < -0.4 is 12.4 Å². The van der Waals surface area contributed by atoms with Crippen LogP contribution in [0.2, 0.25) is 0 Å². The Bertz CT molecular complexity index is 186. The molecule has 0 nitrogen and oxygen atoms in total. The van der Waals surface area contributed by atoms with Gasteiger partial charge in [0.2, 0.25) is 0 Å². The molecule has 0 aliphatic carbocycles. The summed E-state index contributed by atoms with van der Waals surface area (Å²) in [4.78, 5) is 0. The summed E-state index contributed by atoms with van der Waals surface area (Å²) in [7, 11) is 0. The monoisotopic (exact) mass is 309 g/mol. The molecule has 0 heterocycles. The molecular formula is C12H10ClSn-. The molecule has 0 amide bonds. The summed E-state index contributed by atoms with van der Waals surface area (Å²) >= 11 is 0. The smallest absolute Gasteiger partial charge is 0 e. The van der Waals surface area contributed by atoms with Crippen molar-refractivity contribution < 1.29 is 12.4 Å². The molecule has 70 valence electrons. The van der Waals surface area contributed by atoms with E-state index in [1.165, 1.54) is 0 Å². The first-order chi connectivity index (χ1) is 6.00. The second-order valence-corrected chi connectivity index (χ2v) is 2.15. The van der Waals surface area contributed by atoms with Crippen molar-refractivity contribution >= 4 is 23.9 Å². The standard InChI is InChI=1S/2C6H5.ClH.Sn/c2*1-2-4-6-5-3-1;;/h2*1-5H;1H;/p-1. The van der Waals surface area contributed by atoms with E-state index in [1.54, 1.807) is 0 Å². The van der Waals surface area contributed by atoms with Crippen molar-refractivity contribution in [2.45, 2.75) is 0 Å². The predicted octanol–water partition coefficient (Wildman–Crippen LogP) is -0.403. The fourth-order valence-corrected chi connectivity index (χ4v) is 0.684. The van der Waals surface area contributed by atoms with Gasteiger partial charge in [-0.05, 0) is 12.1 Å². The average molecular weight is 308 g/mol. The number of hydrogen-bond donors (Lipinski definition) is 0. The average Bonchev–Trinajstić information content (AvgIpc) is 2.24. The SMILES string of the molecule is [Cl-].[Sn].[c]1ccccc1.[c]1ccccc1. The van der Waals surface area contributed by atoms with E-state index in [4.69, 9.17) is 0 Å². The van der Waals surface area contributed by atoms with Crippen LogP contribution in [0.15, 0.2) is 60.7 Å². The fourth-order valence-electron chi connectivity index (χ4n) is 0.684. The van der Waals surface area contributed by atoms with Crippen molar-refractivity contribution in [3.05, 3.63) is 72.8 Å². The maximum Gasteiger partial charge on any atom is 0 e. The van der Waals surface area contributed by atoms with E-state index in [1.807, 2.05) is 60.7 Å². The molecule has 0 saturated carbocycles. The minimum atomic E-state index is 0. The van der Waals surface area contributed by atoms with Gasteiger partial charge in [-0.1, -0.05) is 60.7 Å². The molecule has 14 heavy (non-hydrogen) atoms. The van der Waals surface area contributed by atoms with Crippen LogP contribution in [0.25, 0.3) is 0 Å². The summed E-state index contributed by atoms with van der Waals surface area (Å²) in [6, 6.07) is 25.0. The quantitative estimate of drug-likeness (QED) is 0.581. The molecule has 0 unspecified atom stereocenters. The Balaban J connectivity index is 0. The van der Waals surface area contributed by atoms with Gasteiger partial charge in [0.1, 0.15) is 0 Å². The van der Waals surface area contributed by atoms with E-state index in [9.17, 15) is 0 Å². The van der Waals surface area contributed by atoms with Crippen LogP contribution in [0.3, 0.4) is 0 Å². The largest absolute Gasteiger partial charge is 1.00 e. The summed E-state index contributed by atoms with van der Waals surface area (Å²) in [6.07, 6.45) is 0. The molecule has 6 radical (unpaired) electrons. The molecule has 0 aliphatic heterocycles. The van der Waals surface area contributed by atoms with Crippen LogP contribution in [0.4, 0.5) is 0 Å². The van der Waals surface area contributed by atoms with Crippen molar-refractivity contribution in [3.63, 3.8) is 0 Å². The molecule has 0 saturated heterocycles. The van der Waals surface area contributed by atoms with Crippen LogP contribution in [0.5, 0.6) is 0 Å². The molecule has 2 aromatic carbocycles. The minimum absolute atomic E-state index is 0. The zero-order chi connectivity index (χ0) is 8.49. The Morgan fingerprint density at radius 1 is 0.500 bits per heavy atom. The van der Waals surface area contributed by atoms with Crippen LogP contribution in [-0.4, -0.2) is 23.9 Å². The van der Waals surface area contributed by atoms with Gasteiger partial charge in [0, 0.05) is 23.9 Å². The topological polar surface area (TPSA) is 0 Å². The molecule has 0 aromatic heterocycles. The van der Waals surface area contributed by atoms with Crippen LogP contribution >= 0.6 is 0 Å². The summed E-state index contributed by atoms with van der Waals surface area (Å²) in [6.45, 7) is 0. The van der Waals surface area contributed by atoms with Gasteiger partial charge < -0.3 is 12.4 Å². The zero-order valence-corrected chi connectivity index (χ0v) is 11.3. The van der Waals surface area contributed by atoms with Crippen molar-refractivity contribution in [2.24, 2.45) is 0 Å². The van der Waals surface area contributed by atoms with E-state index in [0.717, 1.165) is 0 Å². The van der Waals surface area contributed by atoms with Crippen LogP contribution in [-0.2, 0) is 0 Å². The third-order valence-electron chi connectivity index (χ3n) is 1.21. The van der Waals surface area contributed by atoms with E-state index in [-0.39, 0.29) is 36.3 Å². The Kier molecular flexibility index (Phi) is 14.3. The predicted molar refractivity (Wildman–Crippen MR) is 56.3 cm³/mol. The summed E-state index contributed by atoms with van der Waals surface area (Å²) in [5, 5.41) is 0. The van der Waals surface area contributed by atoms with Gasteiger partial charge in [-0.2, -0.15) is 0 Å². The van der Waals surface area contributed by atoms with E-state index in [2.05, 4.69) is 12.1 Å². The number of rotatable bonds is 0. The molecule has 2 heteroatoms. The van der Waals surface area contributed by atoms with Gasteiger partial charge in [-0.15, -0.1) is 0 Å². The van der Waals surface area contributed by atoms with Gasteiger partial charge >= 0.3 is 0 Å². The van der Waals surface area contributed by atoms with Gasteiger partial charge in [0.25, 0.3) is 0 Å². The third kappa shape index (κ3) is 9.62. The number of halogens is 1. The van der Waals surface area contributed by atoms with Crippen molar-refractivity contribution in [3.8, 4) is 0 Å².